The highest BCUT2D eigenvalue weighted by molar-refractivity contribution is 7.13. The number of carbonyl (C=O) groups excluding carboxylic acids is 2. The molecule has 0 radical (unpaired) electrons. The molecule has 0 spiro atoms. The Morgan fingerprint density at radius 1 is 1.12 bits per heavy atom. The van der Waals surface area contributed by atoms with Crippen LogP contribution in [0, 0.1) is 27.7 Å². The molecule has 1 fully saturated rings. The number of hydrogen-bond donors (Lipinski definition) is 1. The van der Waals surface area contributed by atoms with Gasteiger partial charge in [-0.1, -0.05) is 42.5 Å². The van der Waals surface area contributed by atoms with Crippen LogP contribution >= 0.6 is 11.3 Å². The molecule has 1 N–H and O–H groups in total. The zero-order chi connectivity index (χ0) is 24.2. The summed E-state index contributed by atoms with van der Waals surface area (Å²) in [4.78, 5) is 34.5. The van der Waals surface area contributed by atoms with E-state index in [-0.39, 0.29) is 17.9 Å². The molecule has 1 aliphatic rings. The van der Waals surface area contributed by atoms with Crippen LogP contribution in [0.4, 0.5) is 5.69 Å². The van der Waals surface area contributed by atoms with Crippen LogP contribution < -0.4 is 10.2 Å². The Kier molecular flexibility index (Phi) is 7.44. The average Bonchev–Trinajstić information content (AvgIpc) is 3.47. The summed E-state index contributed by atoms with van der Waals surface area (Å²) in [6.45, 7) is 8.88. The van der Waals surface area contributed by atoms with Crippen LogP contribution in [-0.2, 0) is 9.53 Å². The van der Waals surface area contributed by atoms with Crippen molar-refractivity contribution in [2.24, 2.45) is 0 Å². The molecule has 7 heteroatoms. The molecule has 0 bridgehead atoms. The topological polar surface area (TPSA) is 71.5 Å². The van der Waals surface area contributed by atoms with Gasteiger partial charge in [0.1, 0.15) is 10.9 Å². The predicted octanol–water partition coefficient (Wildman–Crippen LogP) is 5.06. The third-order valence-electron chi connectivity index (χ3n) is 6.30. The van der Waals surface area contributed by atoms with Gasteiger partial charge in [-0.25, -0.2) is 4.98 Å². The summed E-state index contributed by atoms with van der Waals surface area (Å²) in [5.41, 5.74) is 4.16. The third kappa shape index (κ3) is 5.05. The van der Waals surface area contributed by atoms with E-state index in [1.54, 1.807) is 4.90 Å². The second-order valence-electron chi connectivity index (χ2n) is 8.74. The second kappa shape index (κ2) is 10.5. The van der Waals surface area contributed by atoms with Crippen molar-refractivity contribution in [2.45, 2.75) is 52.7 Å². The van der Waals surface area contributed by atoms with Crippen LogP contribution in [0.5, 0.6) is 0 Å². The Balaban J connectivity index is 1.81. The molecule has 2 amide bonds. The number of ether oxygens (including phenoxy) is 1. The molecular formula is C27H31N3O3S. The molecule has 3 aromatic rings. The van der Waals surface area contributed by atoms with Gasteiger partial charge in [0, 0.05) is 18.8 Å². The maximum absolute atomic E-state index is 14.1. The van der Waals surface area contributed by atoms with Crippen LogP contribution in [0.25, 0.3) is 0 Å². The van der Waals surface area contributed by atoms with E-state index in [0.29, 0.717) is 17.1 Å². The first-order valence-electron chi connectivity index (χ1n) is 11.6. The van der Waals surface area contributed by atoms with E-state index in [1.807, 2.05) is 76.2 Å². The molecule has 2 aromatic carbocycles. The molecule has 1 aliphatic heterocycles. The number of nitrogens with one attached hydrogen (secondary N) is 1. The quantitative estimate of drug-likeness (QED) is 0.516. The normalized spacial score (nSPS) is 16.3. The summed E-state index contributed by atoms with van der Waals surface area (Å²) in [6.07, 6.45) is 1.94. The highest BCUT2D eigenvalue weighted by Gasteiger charge is 2.36. The SMILES string of the molecule is Cc1nc(C)c(C(=O)N(c2cccc(C)c2C)C(C(=O)NCC2CCCO2)c2ccccc2)s1. The van der Waals surface area contributed by atoms with E-state index in [4.69, 9.17) is 4.74 Å². The summed E-state index contributed by atoms with van der Waals surface area (Å²) in [6, 6.07) is 14.5. The Morgan fingerprint density at radius 2 is 1.88 bits per heavy atom. The van der Waals surface area contributed by atoms with Gasteiger partial charge in [0.15, 0.2) is 0 Å². The minimum absolute atomic E-state index is 0.0108. The van der Waals surface area contributed by atoms with Crippen molar-refractivity contribution in [3.05, 3.63) is 80.8 Å². The molecule has 0 aliphatic carbocycles. The monoisotopic (exact) mass is 477 g/mol. The van der Waals surface area contributed by atoms with Crippen molar-refractivity contribution in [1.82, 2.24) is 10.3 Å². The van der Waals surface area contributed by atoms with Gasteiger partial charge in [0.25, 0.3) is 5.91 Å². The van der Waals surface area contributed by atoms with E-state index >= 15 is 0 Å². The van der Waals surface area contributed by atoms with E-state index in [2.05, 4.69) is 10.3 Å². The number of anilines is 1. The van der Waals surface area contributed by atoms with Crippen molar-refractivity contribution < 1.29 is 14.3 Å². The molecule has 2 heterocycles. The van der Waals surface area contributed by atoms with Crippen LogP contribution in [0.3, 0.4) is 0 Å². The Morgan fingerprint density at radius 3 is 2.53 bits per heavy atom. The molecule has 2 atom stereocenters. The molecule has 6 nitrogen and oxygen atoms in total. The first-order chi connectivity index (χ1) is 16.4. The van der Waals surface area contributed by atoms with Gasteiger partial charge in [-0.05, 0) is 63.3 Å². The van der Waals surface area contributed by atoms with E-state index < -0.39 is 6.04 Å². The number of carbonyl (C=O) groups is 2. The van der Waals surface area contributed by atoms with Crippen molar-refractivity contribution >= 4 is 28.8 Å². The lowest BCUT2D eigenvalue weighted by atomic mass is 10.00. The van der Waals surface area contributed by atoms with Crippen LogP contribution in [-0.4, -0.2) is 36.1 Å². The van der Waals surface area contributed by atoms with Gasteiger partial charge in [-0.2, -0.15) is 0 Å². The van der Waals surface area contributed by atoms with Gasteiger partial charge in [0.2, 0.25) is 5.91 Å². The number of aromatic nitrogens is 1. The molecule has 1 saturated heterocycles. The first-order valence-corrected chi connectivity index (χ1v) is 12.5. The fraction of sp³-hybridized carbons (Fsp3) is 0.370. The van der Waals surface area contributed by atoms with Gasteiger partial charge < -0.3 is 10.1 Å². The number of hydrogen-bond acceptors (Lipinski definition) is 5. The molecule has 178 valence electrons. The predicted molar refractivity (Wildman–Crippen MR) is 135 cm³/mol. The van der Waals surface area contributed by atoms with Crippen molar-refractivity contribution in [1.29, 1.82) is 0 Å². The number of rotatable bonds is 7. The lowest BCUT2D eigenvalue weighted by Crippen LogP contribution is -2.46. The summed E-state index contributed by atoms with van der Waals surface area (Å²) >= 11 is 1.36. The smallest absolute Gasteiger partial charge is 0.271 e. The molecule has 2 unspecified atom stereocenters. The maximum atomic E-state index is 14.1. The largest absolute Gasteiger partial charge is 0.376 e. The Labute approximate surface area is 205 Å². The van der Waals surface area contributed by atoms with Crippen LogP contribution in [0.1, 0.15) is 55.9 Å². The fourth-order valence-electron chi connectivity index (χ4n) is 4.37. The standard InChI is InChI=1S/C27H31N3O3S/c1-17-10-8-14-23(18(17)2)30(27(32)25-19(3)29-20(4)34-25)24(21-11-6-5-7-12-21)26(31)28-16-22-13-9-15-33-22/h5-8,10-12,14,22,24H,9,13,15-16H2,1-4H3,(H,28,31). The van der Waals surface area contributed by atoms with E-state index in [1.165, 1.54) is 11.3 Å². The fourth-order valence-corrected chi connectivity index (χ4v) is 5.23. The van der Waals surface area contributed by atoms with Gasteiger partial charge in [-0.3, -0.25) is 14.5 Å². The lowest BCUT2D eigenvalue weighted by molar-refractivity contribution is -0.123. The Bertz CT molecular complexity index is 1170. The Hall–Kier alpha value is -3.03. The summed E-state index contributed by atoms with van der Waals surface area (Å²) in [5.74, 6) is -0.451. The molecule has 0 saturated carbocycles. The molecule has 34 heavy (non-hydrogen) atoms. The summed E-state index contributed by atoms with van der Waals surface area (Å²) in [7, 11) is 0. The highest BCUT2D eigenvalue weighted by Crippen LogP contribution is 2.34. The van der Waals surface area contributed by atoms with Gasteiger partial charge in [0.05, 0.1) is 16.8 Å². The minimum atomic E-state index is -0.836. The van der Waals surface area contributed by atoms with Crippen molar-refractivity contribution in [3.63, 3.8) is 0 Å². The van der Waals surface area contributed by atoms with Crippen molar-refractivity contribution in [3.8, 4) is 0 Å². The van der Waals surface area contributed by atoms with Gasteiger partial charge in [-0.15, -0.1) is 11.3 Å². The highest BCUT2D eigenvalue weighted by atomic mass is 32.1. The minimum Gasteiger partial charge on any atom is -0.376 e. The number of thiazole rings is 1. The summed E-state index contributed by atoms with van der Waals surface area (Å²) < 4.78 is 5.70. The van der Waals surface area contributed by atoms with Crippen LogP contribution in [0.15, 0.2) is 48.5 Å². The molecular weight excluding hydrogens is 446 g/mol. The van der Waals surface area contributed by atoms with Crippen molar-refractivity contribution in [2.75, 3.05) is 18.1 Å². The second-order valence-corrected chi connectivity index (χ2v) is 9.94. The third-order valence-corrected chi connectivity index (χ3v) is 7.36. The van der Waals surface area contributed by atoms with E-state index in [9.17, 15) is 9.59 Å². The zero-order valence-corrected chi connectivity index (χ0v) is 20.9. The number of aryl methyl sites for hydroxylation is 3. The van der Waals surface area contributed by atoms with E-state index in [0.717, 1.165) is 46.8 Å². The molecule has 4 rings (SSSR count). The number of benzene rings is 2. The summed E-state index contributed by atoms with van der Waals surface area (Å²) in [5, 5.41) is 3.88. The van der Waals surface area contributed by atoms with Gasteiger partial charge >= 0.3 is 0 Å². The van der Waals surface area contributed by atoms with Crippen LogP contribution in [0.2, 0.25) is 0 Å². The first kappa shape index (κ1) is 24.1. The number of amides is 2. The molecule has 1 aromatic heterocycles. The lowest BCUT2D eigenvalue weighted by Gasteiger charge is -2.33. The zero-order valence-electron chi connectivity index (χ0n) is 20.1. The number of nitrogens with zero attached hydrogens (tertiary/aromatic N) is 2. The average molecular weight is 478 g/mol. The maximum Gasteiger partial charge on any atom is 0.271 e.